The highest BCUT2D eigenvalue weighted by Gasteiger charge is 2.21. The van der Waals surface area contributed by atoms with Crippen molar-refractivity contribution in [3.63, 3.8) is 0 Å². The highest BCUT2D eigenvalue weighted by atomic mass is 32.2. The number of sulfonamides is 1. The van der Waals surface area contributed by atoms with Gasteiger partial charge in [-0.05, 0) is 32.2 Å². The molecule has 0 radical (unpaired) electrons. The summed E-state index contributed by atoms with van der Waals surface area (Å²) in [6.45, 7) is 3.13. The van der Waals surface area contributed by atoms with E-state index in [4.69, 9.17) is 5.73 Å². The zero-order valence-electron chi connectivity index (χ0n) is 11.1. The Morgan fingerprint density at radius 3 is 2.79 bits per heavy atom. The van der Waals surface area contributed by atoms with Crippen molar-refractivity contribution in [2.75, 3.05) is 35.7 Å². The van der Waals surface area contributed by atoms with Crippen LogP contribution in [0.4, 0.5) is 11.4 Å². The fourth-order valence-electron chi connectivity index (χ4n) is 2.18. The zero-order valence-corrected chi connectivity index (χ0v) is 12.7. The highest BCUT2D eigenvalue weighted by Crippen LogP contribution is 2.28. The first-order chi connectivity index (χ1) is 8.95. The first-order valence-corrected chi connectivity index (χ1v) is 8.77. The summed E-state index contributed by atoms with van der Waals surface area (Å²) in [4.78, 5) is 2.40. The smallest absolute Gasteiger partial charge is 0.242 e. The van der Waals surface area contributed by atoms with E-state index in [2.05, 4.69) is 16.5 Å². The molecule has 1 unspecified atom stereocenters. The molecular formula is C12H19N3O2S2. The van der Waals surface area contributed by atoms with Crippen molar-refractivity contribution < 1.29 is 8.42 Å². The Hall–Kier alpha value is -0.920. The minimum absolute atomic E-state index is 0.137. The van der Waals surface area contributed by atoms with Gasteiger partial charge in [0.05, 0.1) is 5.69 Å². The molecule has 0 aromatic heterocycles. The van der Waals surface area contributed by atoms with Crippen LogP contribution in [0.5, 0.6) is 0 Å². The van der Waals surface area contributed by atoms with Gasteiger partial charge in [0.1, 0.15) is 4.90 Å². The SMILES string of the molecule is CNS(=O)(=O)c1ccc(N2CCSCC2C)cc1N. The second-order valence-electron chi connectivity index (χ2n) is 4.55. The highest BCUT2D eigenvalue weighted by molar-refractivity contribution is 7.99. The minimum atomic E-state index is -3.49. The number of nitrogens with one attached hydrogen (secondary N) is 1. The predicted molar refractivity (Wildman–Crippen MR) is 81.2 cm³/mol. The molecule has 3 N–H and O–H groups in total. The molecule has 1 fully saturated rings. The fourth-order valence-corrected chi connectivity index (χ4v) is 4.03. The molecule has 7 heteroatoms. The van der Waals surface area contributed by atoms with Crippen molar-refractivity contribution >= 4 is 33.2 Å². The number of nitrogens with two attached hydrogens (primary N) is 1. The maximum absolute atomic E-state index is 11.8. The number of benzene rings is 1. The van der Waals surface area contributed by atoms with E-state index >= 15 is 0 Å². The molecule has 0 saturated carbocycles. The van der Waals surface area contributed by atoms with Gasteiger partial charge in [0.2, 0.25) is 10.0 Å². The molecule has 1 atom stereocenters. The van der Waals surface area contributed by atoms with Crippen molar-refractivity contribution in [1.82, 2.24) is 4.72 Å². The van der Waals surface area contributed by atoms with E-state index in [1.54, 1.807) is 12.1 Å². The lowest BCUT2D eigenvalue weighted by Crippen LogP contribution is -2.40. The van der Waals surface area contributed by atoms with Crippen LogP contribution in [0.1, 0.15) is 6.92 Å². The van der Waals surface area contributed by atoms with Crippen LogP contribution in [0.2, 0.25) is 0 Å². The zero-order chi connectivity index (χ0) is 14.0. The monoisotopic (exact) mass is 301 g/mol. The maximum Gasteiger partial charge on any atom is 0.242 e. The van der Waals surface area contributed by atoms with E-state index in [1.807, 2.05) is 17.8 Å². The Kier molecular flexibility index (Phi) is 4.27. The fraction of sp³-hybridized carbons (Fsp3) is 0.500. The topological polar surface area (TPSA) is 75.4 Å². The number of hydrogen-bond donors (Lipinski definition) is 2. The Labute approximate surface area is 118 Å². The number of nitrogens with zero attached hydrogens (tertiary/aromatic N) is 1. The van der Waals surface area contributed by atoms with E-state index in [-0.39, 0.29) is 10.6 Å². The van der Waals surface area contributed by atoms with Crippen molar-refractivity contribution in [2.24, 2.45) is 0 Å². The molecule has 0 amide bonds. The average molecular weight is 301 g/mol. The lowest BCUT2D eigenvalue weighted by atomic mass is 10.2. The molecule has 1 saturated heterocycles. The summed E-state index contributed by atoms with van der Waals surface area (Å²) >= 11 is 1.94. The van der Waals surface area contributed by atoms with Crippen molar-refractivity contribution in [2.45, 2.75) is 17.9 Å². The molecular weight excluding hydrogens is 282 g/mol. The van der Waals surface area contributed by atoms with Gasteiger partial charge in [0.25, 0.3) is 0 Å². The van der Waals surface area contributed by atoms with Crippen molar-refractivity contribution in [3.05, 3.63) is 18.2 Å². The molecule has 5 nitrogen and oxygen atoms in total. The van der Waals surface area contributed by atoms with Gasteiger partial charge in [-0.2, -0.15) is 11.8 Å². The van der Waals surface area contributed by atoms with E-state index in [0.29, 0.717) is 6.04 Å². The molecule has 0 spiro atoms. The van der Waals surface area contributed by atoms with E-state index in [9.17, 15) is 8.42 Å². The first kappa shape index (κ1) is 14.5. The van der Waals surface area contributed by atoms with Crippen LogP contribution < -0.4 is 15.4 Å². The summed E-state index contributed by atoms with van der Waals surface area (Å²) in [5, 5.41) is 0. The van der Waals surface area contributed by atoms with E-state index in [1.165, 1.54) is 7.05 Å². The van der Waals surface area contributed by atoms with Crippen LogP contribution in [0.15, 0.2) is 23.1 Å². The van der Waals surface area contributed by atoms with E-state index < -0.39 is 10.0 Å². The van der Waals surface area contributed by atoms with Crippen LogP contribution in [-0.4, -0.2) is 39.6 Å². The predicted octanol–water partition coefficient (Wildman–Crippen LogP) is 1.12. The van der Waals surface area contributed by atoms with Crippen LogP contribution in [0.25, 0.3) is 0 Å². The first-order valence-electron chi connectivity index (χ1n) is 6.13. The second kappa shape index (κ2) is 5.60. The van der Waals surface area contributed by atoms with Crippen LogP contribution in [-0.2, 0) is 10.0 Å². The second-order valence-corrected chi connectivity index (χ2v) is 7.55. The summed E-state index contributed by atoms with van der Waals surface area (Å²) in [5.41, 5.74) is 7.16. The lowest BCUT2D eigenvalue weighted by molar-refractivity contribution is 0.588. The number of hydrogen-bond acceptors (Lipinski definition) is 5. The third kappa shape index (κ3) is 2.98. The molecule has 1 aliphatic heterocycles. The molecule has 1 aromatic rings. The average Bonchev–Trinajstić information content (AvgIpc) is 2.39. The quantitative estimate of drug-likeness (QED) is 0.818. The molecule has 2 rings (SSSR count). The summed E-state index contributed by atoms with van der Waals surface area (Å²) in [7, 11) is -2.11. The van der Waals surface area contributed by atoms with Crippen LogP contribution in [0, 0.1) is 0 Å². The number of rotatable bonds is 3. The van der Waals surface area contributed by atoms with Gasteiger partial charge in [-0.1, -0.05) is 0 Å². The molecule has 1 aromatic carbocycles. The molecule has 0 bridgehead atoms. The van der Waals surface area contributed by atoms with Gasteiger partial charge in [0, 0.05) is 29.8 Å². The standard InChI is InChI=1S/C12H19N3O2S2/c1-9-8-18-6-5-15(9)10-3-4-12(11(13)7-10)19(16,17)14-2/h3-4,7,9,14H,5-6,8,13H2,1-2H3. The third-order valence-corrected chi connectivity index (χ3v) is 5.93. The van der Waals surface area contributed by atoms with E-state index in [0.717, 1.165) is 23.7 Å². The summed E-state index contributed by atoms with van der Waals surface area (Å²) in [6.07, 6.45) is 0. The van der Waals surface area contributed by atoms with Crippen molar-refractivity contribution in [1.29, 1.82) is 0 Å². The Morgan fingerprint density at radius 2 is 2.21 bits per heavy atom. The normalized spacial score (nSPS) is 20.5. The summed E-state index contributed by atoms with van der Waals surface area (Å²) in [5.74, 6) is 2.16. The number of thioether (sulfide) groups is 1. The van der Waals surface area contributed by atoms with Gasteiger partial charge in [-0.3, -0.25) is 0 Å². The largest absolute Gasteiger partial charge is 0.398 e. The Bertz CT molecular complexity index is 560. The van der Waals surface area contributed by atoms with Crippen molar-refractivity contribution in [3.8, 4) is 0 Å². The Morgan fingerprint density at radius 1 is 1.47 bits per heavy atom. The third-order valence-electron chi connectivity index (χ3n) is 3.25. The molecule has 19 heavy (non-hydrogen) atoms. The summed E-state index contributed by atoms with van der Waals surface area (Å²) in [6, 6.07) is 5.58. The molecule has 1 aliphatic rings. The van der Waals surface area contributed by atoms with Gasteiger partial charge < -0.3 is 10.6 Å². The van der Waals surface area contributed by atoms with Gasteiger partial charge in [-0.15, -0.1) is 0 Å². The van der Waals surface area contributed by atoms with Gasteiger partial charge in [0.15, 0.2) is 0 Å². The number of anilines is 2. The number of nitrogen functional groups attached to an aromatic ring is 1. The lowest BCUT2D eigenvalue weighted by Gasteiger charge is -2.35. The Balaban J connectivity index is 2.33. The summed E-state index contributed by atoms with van der Waals surface area (Å²) < 4.78 is 25.8. The van der Waals surface area contributed by atoms with Gasteiger partial charge >= 0.3 is 0 Å². The molecule has 106 valence electrons. The maximum atomic E-state index is 11.8. The van der Waals surface area contributed by atoms with Crippen LogP contribution >= 0.6 is 11.8 Å². The molecule has 0 aliphatic carbocycles. The molecule has 1 heterocycles. The van der Waals surface area contributed by atoms with Gasteiger partial charge in [-0.25, -0.2) is 13.1 Å². The van der Waals surface area contributed by atoms with Crippen LogP contribution in [0.3, 0.4) is 0 Å². The minimum Gasteiger partial charge on any atom is -0.398 e.